The molecule has 0 aliphatic carbocycles. The predicted molar refractivity (Wildman–Crippen MR) is 141 cm³/mol. The molecular formula is C27H26F3N7O3. The molecule has 4 N–H and O–H groups in total. The first-order chi connectivity index (χ1) is 19.4. The van der Waals surface area contributed by atoms with Crippen LogP contribution in [0.15, 0.2) is 88.2 Å². The van der Waals surface area contributed by atoms with E-state index in [1.807, 2.05) is 48.5 Å². The van der Waals surface area contributed by atoms with Crippen LogP contribution in [0.5, 0.6) is 0 Å². The second-order valence-corrected chi connectivity index (χ2v) is 9.36. The molecule has 3 atom stereocenters. The van der Waals surface area contributed by atoms with Gasteiger partial charge in [-0.2, -0.15) is 18.6 Å². The molecule has 208 valence electrons. The summed E-state index contributed by atoms with van der Waals surface area (Å²) in [4.78, 5) is 23.6. The summed E-state index contributed by atoms with van der Waals surface area (Å²) < 4.78 is 51.8. The fourth-order valence-electron chi connectivity index (χ4n) is 4.75. The van der Waals surface area contributed by atoms with Crippen molar-refractivity contribution in [1.82, 2.24) is 21.1 Å². The van der Waals surface area contributed by atoms with Crippen LogP contribution in [-0.2, 0) is 14.3 Å². The Morgan fingerprint density at radius 1 is 1.00 bits per heavy atom. The number of rotatable bonds is 3. The molecule has 2 fully saturated rings. The van der Waals surface area contributed by atoms with E-state index in [0.717, 1.165) is 17.2 Å². The lowest BCUT2D eigenvalue weighted by Gasteiger charge is -2.33. The van der Waals surface area contributed by atoms with Gasteiger partial charge in [0.05, 0.1) is 30.2 Å². The number of nitrogens with zero attached hydrogens (tertiary/aromatic N) is 3. The van der Waals surface area contributed by atoms with Crippen LogP contribution in [0.2, 0.25) is 0 Å². The minimum Gasteiger partial charge on any atom is -0.444 e. The average molecular weight is 554 g/mol. The van der Waals surface area contributed by atoms with Crippen molar-refractivity contribution in [3.05, 3.63) is 89.3 Å². The van der Waals surface area contributed by atoms with Crippen LogP contribution in [0.1, 0.15) is 11.1 Å². The first kappa shape index (κ1) is 26.0. The zero-order valence-corrected chi connectivity index (χ0v) is 21.1. The Morgan fingerprint density at radius 2 is 1.75 bits per heavy atom. The number of aliphatic imine (C=N–C) groups is 2. The zero-order valence-electron chi connectivity index (χ0n) is 21.1. The molecule has 0 saturated carbocycles. The number of hydrazine groups is 1. The van der Waals surface area contributed by atoms with E-state index in [-0.39, 0.29) is 11.7 Å². The van der Waals surface area contributed by atoms with E-state index < -0.39 is 30.6 Å². The molecule has 2 aromatic carbocycles. The van der Waals surface area contributed by atoms with Gasteiger partial charge in [0, 0.05) is 24.2 Å². The van der Waals surface area contributed by atoms with Crippen LogP contribution in [0, 0.1) is 0 Å². The van der Waals surface area contributed by atoms with Crippen LogP contribution >= 0.6 is 0 Å². The first-order valence-corrected chi connectivity index (χ1v) is 12.7. The van der Waals surface area contributed by atoms with Crippen LogP contribution in [0.25, 0.3) is 0 Å². The number of dihydropyridines is 1. The molecule has 2 aromatic rings. The molecule has 10 nitrogen and oxygen atoms in total. The number of hydrogen-bond donors (Lipinski definition) is 4. The van der Waals surface area contributed by atoms with E-state index in [9.17, 15) is 18.0 Å². The second-order valence-electron chi connectivity index (χ2n) is 9.36. The van der Waals surface area contributed by atoms with Crippen LogP contribution < -0.4 is 21.5 Å². The van der Waals surface area contributed by atoms with E-state index >= 15 is 0 Å². The lowest BCUT2D eigenvalue weighted by Crippen LogP contribution is -2.50. The highest BCUT2D eigenvalue weighted by molar-refractivity contribution is 6.19. The van der Waals surface area contributed by atoms with Crippen LogP contribution in [-0.4, -0.2) is 73.4 Å². The van der Waals surface area contributed by atoms with Gasteiger partial charge in [0.2, 0.25) is 12.2 Å². The topological polar surface area (TPSA) is 112 Å². The molecule has 1 amide bonds. The fraction of sp³-hybridized carbons (Fsp3) is 0.296. The number of amides is 1. The van der Waals surface area contributed by atoms with Gasteiger partial charge >= 0.3 is 6.18 Å². The van der Waals surface area contributed by atoms with Crippen molar-refractivity contribution < 1.29 is 27.4 Å². The average Bonchev–Trinajstić information content (AvgIpc) is 3.38. The highest BCUT2D eigenvalue weighted by Gasteiger charge is 2.41. The summed E-state index contributed by atoms with van der Waals surface area (Å²) in [5.74, 6) is -0.0691. The number of benzodiazepines with no additional fused rings is 1. The van der Waals surface area contributed by atoms with Crippen molar-refractivity contribution >= 4 is 23.1 Å². The number of anilines is 1. The summed E-state index contributed by atoms with van der Waals surface area (Å²) >= 11 is 0. The van der Waals surface area contributed by atoms with Crippen molar-refractivity contribution in [2.45, 2.75) is 24.7 Å². The van der Waals surface area contributed by atoms with Crippen molar-refractivity contribution in [2.75, 3.05) is 31.6 Å². The summed E-state index contributed by atoms with van der Waals surface area (Å²) in [5, 5.41) is 5.93. The SMILES string of the molecule is O=C1Nc2ccccc2C(c2ccccc2)=NC1NC1NNC(=C2C=CC(C(F)(F)F)N=C2N2CCOCC2)O1. The Bertz CT molecular complexity index is 1400. The standard InChI is InChI=1S/C27H26F3N7O3/c28-27(29,30)20-11-10-18(23(32-20)37-12-14-39-15-13-37)25-35-36-26(40-25)34-22-24(38)31-19-9-5-4-8-17(19)21(33-22)16-6-2-1-3-7-16/h1-11,20,22,26,34-36H,12-15H2,(H,31,38). The molecule has 40 heavy (non-hydrogen) atoms. The van der Waals surface area contributed by atoms with Gasteiger partial charge in [-0.1, -0.05) is 54.6 Å². The third-order valence-electron chi connectivity index (χ3n) is 6.69. The summed E-state index contributed by atoms with van der Waals surface area (Å²) in [6, 6.07) is 14.9. The van der Waals surface area contributed by atoms with Gasteiger partial charge in [-0.3, -0.25) is 20.2 Å². The number of fused-ring (bicyclic) bond motifs is 1. The van der Waals surface area contributed by atoms with E-state index in [4.69, 9.17) is 14.5 Å². The predicted octanol–water partition coefficient (Wildman–Crippen LogP) is 2.24. The maximum Gasteiger partial charge on any atom is 0.414 e. The van der Waals surface area contributed by atoms with Gasteiger partial charge in [0.15, 0.2) is 12.2 Å². The monoisotopic (exact) mass is 553 g/mol. The molecule has 13 heteroatoms. The maximum absolute atomic E-state index is 13.5. The smallest absolute Gasteiger partial charge is 0.414 e. The van der Waals surface area contributed by atoms with E-state index in [0.29, 0.717) is 43.3 Å². The Balaban J connectivity index is 1.27. The van der Waals surface area contributed by atoms with Crippen molar-refractivity contribution in [1.29, 1.82) is 0 Å². The summed E-state index contributed by atoms with van der Waals surface area (Å²) in [6.07, 6.45) is -4.15. The normalized spacial score (nSPS) is 26.6. The van der Waals surface area contributed by atoms with Gasteiger partial charge in [-0.05, 0) is 12.1 Å². The van der Waals surface area contributed by atoms with Gasteiger partial charge < -0.3 is 19.7 Å². The van der Waals surface area contributed by atoms with Gasteiger partial charge in [0.1, 0.15) is 5.84 Å². The first-order valence-electron chi connectivity index (χ1n) is 12.7. The van der Waals surface area contributed by atoms with Crippen molar-refractivity contribution in [3.8, 4) is 0 Å². The highest BCUT2D eigenvalue weighted by Crippen LogP contribution is 2.30. The second kappa shape index (κ2) is 10.8. The van der Waals surface area contributed by atoms with Crippen LogP contribution in [0.4, 0.5) is 18.9 Å². The van der Waals surface area contributed by atoms with E-state index in [1.165, 1.54) is 6.08 Å². The molecule has 0 radical (unpaired) electrons. The molecular weight excluding hydrogens is 527 g/mol. The number of nitrogens with one attached hydrogen (secondary N) is 4. The largest absolute Gasteiger partial charge is 0.444 e. The number of amidine groups is 1. The molecule has 4 aliphatic rings. The lowest BCUT2D eigenvalue weighted by atomic mass is 10.0. The minimum atomic E-state index is -4.52. The Kier molecular flexibility index (Phi) is 7.00. The number of benzene rings is 2. The van der Waals surface area contributed by atoms with Gasteiger partial charge in [-0.25, -0.2) is 5.32 Å². The lowest BCUT2D eigenvalue weighted by molar-refractivity contribution is -0.136. The zero-order chi connectivity index (χ0) is 27.7. The van der Waals surface area contributed by atoms with Crippen molar-refractivity contribution in [2.24, 2.45) is 9.98 Å². The molecule has 4 heterocycles. The number of para-hydroxylation sites is 1. The molecule has 3 unspecified atom stereocenters. The number of ether oxygens (including phenoxy) is 2. The molecule has 2 saturated heterocycles. The third kappa shape index (κ3) is 5.30. The molecule has 6 rings (SSSR count). The number of alkyl halides is 3. The maximum atomic E-state index is 13.5. The van der Waals surface area contributed by atoms with Gasteiger partial charge in [-0.15, -0.1) is 0 Å². The number of halogens is 3. The molecule has 0 aromatic heterocycles. The molecule has 0 bridgehead atoms. The van der Waals surface area contributed by atoms with Crippen LogP contribution in [0.3, 0.4) is 0 Å². The summed E-state index contributed by atoms with van der Waals surface area (Å²) in [5.41, 5.74) is 8.95. The van der Waals surface area contributed by atoms with Crippen molar-refractivity contribution in [3.63, 3.8) is 0 Å². The number of morpholine rings is 1. The quantitative estimate of drug-likeness (QED) is 0.462. The minimum absolute atomic E-state index is 0.158. The van der Waals surface area contributed by atoms with E-state index in [1.54, 1.807) is 11.0 Å². The van der Waals surface area contributed by atoms with Gasteiger partial charge in [0.25, 0.3) is 5.91 Å². The Morgan fingerprint density at radius 3 is 2.52 bits per heavy atom. The summed E-state index contributed by atoms with van der Waals surface area (Å²) in [6.45, 7) is 1.53. The number of carbonyl (C=O) groups is 1. The highest BCUT2D eigenvalue weighted by atomic mass is 19.4. The Labute approximate surface area is 227 Å². The molecule has 0 spiro atoms. The third-order valence-corrected chi connectivity index (χ3v) is 6.69. The number of carbonyl (C=O) groups excluding carboxylic acids is 1. The summed E-state index contributed by atoms with van der Waals surface area (Å²) in [7, 11) is 0. The Hall–Kier alpha value is -4.20. The fourth-order valence-corrected chi connectivity index (χ4v) is 4.75. The van der Waals surface area contributed by atoms with E-state index in [2.05, 4.69) is 26.5 Å². The molecule has 4 aliphatic heterocycles. The number of hydrogen-bond acceptors (Lipinski definition) is 9.